The number of benzene rings is 1. The fraction of sp³-hybridized carbons (Fsp3) is 0.200. The van der Waals surface area contributed by atoms with Crippen molar-refractivity contribution in [3.63, 3.8) is 0 Å². The molecule has 21 heavy (non-hydrogen) atoms. The van der Waals surface area contributed by atoms with E-state index in [9.17, 15) is 4.79 Å². The van der Waals surface area contributed by atoms with Crippen molar-refractivity contribution in [3.8, 4) is 11.6 Å². The van der Waals surface area contributed by atoms with Gasteiger partial charge in [0.05, 0.1) is 31.7 Å². The first-order valence-corrected chi connectivity index (χ1v) is 7.44. The van der Waals surface area contributed by atoms with Gasteiger partial charge in [0, 0.05) is 11.0 Å². The highest BCUT2D eigenvalue weighted by molar-refractivity contribution is 7.98. The van der Waals surface area contributed by atoms with Crippen molar-refractivity contribution < 1.29 is 14.3 Å². The fourth-order valence-electron chi connectivity index (χ4n) is 1.76. The maximum absolute atomic E-state index is 12.3. The van der Waals surface area contributed by atoms with E-state index in [-0.39, 0.29) is 5.91 Å². The van der Waals surface area contributed by atoms with E-state index in [0.29, 0.717) is 22.9 Å². The number of amides is 1. The Bertz CT molecular complexity index is 629. The maximum atomic E-state index is 12.3. The van der Waals surface area contributed by atoms with Gasteiger partial charge in [-0.15, -0.1) is 11.8 Å². The molecule has 0 aliphatic heterocycles. The van der Waals surface area contributed by atoms with Gasteiger partial charge in [0.1, 0.15) is 5.75 Å². The first kappa shape index (κ1) is 15.2. The number of thioether (sulfide) groups is 1. The molecule has 0 saturated heterocycles. The van der Waals surface area contributed by atoms with Crippen LogP contribution in [0.5, 0.6) is 11.6 Å². The van der Waals surface area contributed by atoms with Crippen LogP contribution in [0.1, 0.15) is 10.4 Å². The molecule has 0 spiro atoms. The van der Waals surface area contributed by atoms with Crippen molar-refractivity contribution in [2.45, 2.75) is 4.90 Å². The average Bonchev–Trinajstić information content (AvgIpc) is 2.54. The Morgan fingerprint density at radius 1 is 1.19 bits per heavy atom. The lowest BCUT2D eigenvalue weighted by molar-refractivity contribution is 0.102. The summed E-state index contributed by atoms with van der Waals surface area (Å²) in [5, 5.41) is 2.78. The first-order valence-electron chi connectivity index (χ1n) is 6.21. The van der Waals surface area contributed by atoms with Crippen molar-refractivity contribution in [1.29, 1.82) is 0 Å². The number of hydrogen-bond donors (Lipinski definition) is 1. The summed E-state index contributed by atoms with van der Waals surface area (Å²) in [4.78, 5) is 17.4. The molecular weight excluding hydrogens is 288 g/mol. The van der Waals surface area contributed by atoms with Crippen LogP contribution in [0, 0.1) is 0 Å². The number of carbonyl (C=O) groups excluding carboxylic acids is 1. The summed E-state index contributed by atoms with van der Waals surface area (Å²) in [6.45, 7) is 0. The van der Waals surface area contributed by atoms with Crippen LogP contribution >= 0.6 is 11.8 Å². The molecule has 0 atom stereocenters. The van der Waals surface area contributed by atoms with E-state index in [4.69, 9.17) is 9.47 Å². The molecule has 2 rings (SSSR count). The van der Waals surface area contributed by atoms with E-state index in [1.165, 1.54) is 0 Å². The van der Waals surface area contributed by atoms with Gasteiger partial charge >= 0.3 is 0 Å². The highest BCUT2D eigenvalue weighted by atomic mass is 32.2. The van der Waals surface area contributed by atoms with Crippen LogP contribution in [-0.2, 0) is 0 Å². The van der Waals surface area contributed by atoms with Gasteiger partial charge in [0.25, 0.3) is 5.91 Å². The van der Waals surface area contributed by atoms with Gasteiger partial charge in [-0.3, -0.25) is 4.79 Å². The second-order valence-electron chi connectivity index (χ2n) is 4.11. The molecule has 0 unspecified atom stereocenters. The van der Waals surface area contributed by atoms with Crippen molar-refractivity contribution in [3.05, 3.63) is 42.1 Å². The number of nitrogens with zero attached hydrogens (tertiary/aromatic N) is 1. The standard InChI is InChI=1S/C15H16N2O3S/c1-19-13-8-11(21-3)5-6-12(13)15(18)17-10-4-7-14(20-2)16-9-10/h4-9H,1-3H3,(H,17,18). The highest BCUT2D eigenvalue weighted by Gasteiger charge is 2.13. The molecule has 0 aliphatic carbocycles. The zero-order valence-corrected chi connectivity index (χ0v) is 12.9. The summed E-state index contributed by atoms with van der Waals surface area (Å²) in [7, 11) is 3.09. The lowest BCUT2D eigenvalue weighted by Gasteiger charge is -2.10. The summed E-state index contributed by atoms with van der Waals surface area (Å²) in [5.74, 6) is 0.794. The van der Waals surface area contributed by atoms with Crippen molar-refractivity contribution in [2.24, 2.45) is 0 Å². The Hall–Kier alpha value is -2.21. The van der Waals surface area contributed by atoms with Gasteiger partial charge in [-0.05, 0) is 30.5 Å². The fourth-order valence-corrected chi connectivity index (χ4v) is 2.19. The van der Waals surface area contributed by atoms with Gasteiger partial charge in [-0.2, -0.15) is 0 Å². The predicted octanol–water partition coefficient (Wildman–Crippen LogP) is 3.07. The van der Waals surface area contributed by atoms with E-state index < -0.39 is 0 Å². The molecule has 1 N–H and O–H groups in total. The Morgan fingerprint density at radius 3 is 2.57 bits per heavy atom. The number of pyridine rings is 1. The van der Waals surface area contributed by atoms with Crippen molar-refractivity contribution in [1.82, 2.24) is 4.98 Å². The monoisotopic (exact) mass is 304 g/mol. The number of hydrogen-bond acceptors (Lipinski definition) is 5. The zero-order valence-electron chi connectivity index (χ0n) is 12.0. The van der Waals surface area contributed by atoms with E-state index in [1.54, 1.807) is 50.4 Å². The van der Waals surface area contributed by atoms with E-state index in [2.05, 4.69) is 10.3 Å². The first-order chi connectivity index (χ1) is 10.2. The van der Waals surface area contributed by atoms with E-state index in [0.717, 1.165) is 4.90 Å². The molecule has 5 nitrogen and oxygen atoms in total. The van der Waals surface area contributed by atoms with E-state index in [1.807, 2.05) is 18.4 Å². The number of ether oxygens (including phenoxy) is 2. The lowest BCUT2D eigenvalue weighted by atomic mass is 10.2. The molecule has 1 heterocycles. The number of anilines is 1. The molecule has 0 bridgehead atoms. The van der Waals surface area contributed by atoms with Crippen molar-refractivity contribution >= 4 is 23.4 Å². The van der Waals surface area contributed by atoms with Crippen LogP contribution in [0.15, 0.2) is 41.4 Å². The van der Waals surface area contributed by atoms with Crippen molar-refractivity contribution in [2.75, 3.05) is 25.8 Å². The van der Waals surface area contributed by atoms with Gasteiger partial charge in [-0.1, -0.05) is 0 Å². The molecule has 1 aromatic carbocycles. The number of rotatable bonds is 5. The number of methoxy groups -OCH3 is 2. The SMILES string of the molecule is COc1ccc(NC(=O)c2ccc(SC)cc2OC)cn1. The van der Waals surface area contributed by atoms with E-state index >= 15 is 0 Å². The summed E-state index contributed by atoms with van der Waals surface area (Å²) in [6.07, 6.45) is 3.51. The minimum Gasteiger partial charge on any atom is -0.496 e. The Balaban J connectivity index is 2.19. The van der Waals surface area contributed by atoms with Crippen LogP contribution in [0.2, 0.25) is 0 Å². The third-order valence-corrected chi connectivity index (χ3v) is 3.58. The Kier molecular flexibility index (Phi) is 5.05. The van der Waals surface area contributed by atoms with Crippen LogP contribution < -0.4 is 14.8 Å². The second kappa shape index (κ2) is 6.99. The highest BCUT2D eigenvalue weighted by Crippen LogP contribution is 2.26. The minimum absolute atomic E-state index is 0.244. The normalized spacial score (nSPS) is 10.0. The molecule has 6 heteroatoms. The number of aromatic nitrogens is 1. The minimum atomic E-state index is -0.244. The summed E-state index contributed by atoms with van der Waals surface area (Å²) < 4.78 is 10.2. The Labute approximate surface area is 127 Å². The molecule has 110 valence electrons. The second-order valence-corrected chi connectivity index (χ2v) is 4.99. The summed E-state index contributed by atoms with van der Waals surface area (Å²) in [5.41, 5.74) is 1.07. The summed E-state index contributed by atoms with van der Waals surface area (Å²) in [6, 6.07) is 8.88. The smallest absolute Gasteiger partial charge is 0.259 e. The van der Waals surface area contributed by atoms with Gasteiger partial charge in [0.15, 0.2) is 0 Å². The van der Waals surface area contributed by atoms with Crippen LogP contribution in [0.4, 0.5) is 5.69 Å². The molecule has 0 aliphatic rings. The largest absolute Gasteiger partial charge is 0.496 e. The third kappa shape index (κ3) is 3.66. The maximum Gasteiger partial charge on any atom is 0.259 e. The third-order valence-electron chi connectivity index (χ3n) is 2.86. The number of nitrogens with one attached hydrogen (secondary N) is 1. The molecule has 0 saturated carbocycles. The Morgan fingerprint density at radius 2 is 2.00 bits per heavy atom. The predicted molar refractivity (Wildman–Crippen MR) is 83.5 cm³/mol. The summed E-state index contributed by atoms with van der Waals surface area (Å²) >= 11 is 1.59. The zero-order chi connectivity index (χ0) is 15.2. The molecule has 2 aromatic rings. The number of carbonyl (C=O) groups is 1. The van der Waals surface area contributed by atoms with Gasteiger partial charge in [0.2, 0.25) is 5.88 Å². The van der Waals surface area contributed by atoms with Crippen LogP contribution in [-0.4, -0.2) is 31.4 Å². The molecule has 0 fully saturated rings. The average molecular weight is 304 g/mol. The molecule has 1 aromatic heterocycles. The molecule has 1 amide bonds. The molecular formula is C15H16N2O3S. The van der Waals surface area contributed by atoms with Gasteiger partial charge < -0.3 is 14.8 Å². The topological polar surface area (TPSA) is 60.5 Å². The quantitative estimate of drug-likeness (QED) is 0.860. The van der Waals surface area contributed by atoms with Crippen LogP contribution in [0.25, 0.3) is 0 Å². The van der Waals surface area contributed by atoms with Gasteiger partial charge in [-0.25, -0.2) is 4.98 Å². The molecule has 0 radical (unpaired) electrons. The van der Waals surface area contributed by atoms with Crippen LogP contribution in [0.3, 0.4) is 0 Å². The lowest BCUT2D eigenvalue weighted by Crippen LogP contribution is -2.13.